The van der Waals surface area contributed by atoms with Gasteiger partial charge in [-0.1, -0.05) is 12.1 Å². The summed E-state index contributed by atoms with van der Waals surface area (Å²) in [5, 5.41) is 6.18. The zero-order chi connectivity index (χ0) is 17.7. The van der Waals surface area contributed by atoms with Gasteiger partial charge in [0.1, 0.15) is 0 Å². The summed E-state index contributed by atoms with van der Waals surface area (Å²) in [7, 11) is -1.54. The Morgan fingerprint density at radius 1 is 1.21 bits per heavy atom. The van der Waals surface area contributed by atoms with Crippen LogP contribution in [0, 0.1) is 5.92 Å². The van der Waals surface area contributed by atoms with Gasteiger partial charge in [0, 0.05) is 38.2 Å². The molecule has 1 aromatic carbocycles. The molecule has 1 aromatic rings. The highest BCUT2D eigenvalue weighted by molar-refractivity contribution is 7.88. The fourth-order valence-electron chi connectivity index (χ4n) is 3.39. The Bertz CT molecular complexity index is 759. The fourth-order valence-corrected chi connectivity index (χ4v) is 4.25. The Kier molecular flexibility index (Phi) is 4.11. The minimum Gasteiger partial charge on any atom is -0.292 e. The lowest BCUT2D eigenvalue weighted by Gasteiger charge is -2.33. The van der Waals surface area contributed by atoms with E-state index in [1.807, 2.05) is 0 Å². The van der Waals surface area contributed by atoms with Crippen molar-refractivity contribution in [2.24, 2.45) is 11.0 Å². The van der Waals surface area contributed by atoms with Crippen molar-refractivity contribution in [1.82, 2.24) is 9.31 Å². The molecule has 2 heterocycles. The molecular weight excluding hydrogens is 343 g/mol. The Morgan fingerprint density at radius 2 is 1.83 bits per heavy atom. The normalized spacial score (nSPS) is 25.5. The van der Waals surface area contributed by atoms with Gasteiger partial charge in [-0.2, -0.15) is 18.3 Å². The number of halogens is 3. The molecule has 0 radical (unpaired) electrons. The van der Waals surface area contributed by atoms with Crippen LogP contribution < -0.4 is 0 Å². The summed E-state index contributed by atoms with van der Waals surface area (Å²) >= 11 is 0. The minimum atomic E-state index is -4.38. The van der Waals surface area contributed by atoms with Gasteiger partial charge in [-0.3, -0.25) is 5.01 Å². The largest absolute Gasteiger partial charge is 0.416 e. The molecule has 5 nitrogen and oxygen atoms in total. The molecule has 2 aliphatic heterocycles. The van der Waals surface area contributed by atoms with Crippen LogP contribution in [0.2, 0.25) is 0 Å². The molecule has 0 spiro atoms. The third-order valence-electron chi connectivity index (χ3n) is 4.56. The third-order valence-corrected chi connectivity index (χ3v) is 5.83. The Balaban J connectivity index is 1.88. The molecule has 0 amide bonds. The summed E-state index contributed by atoms with van der Waals surface area (Å²) in [6.07, 6.45) is -2.67. The Hall–Kier alpha value is -1.61. The van der Waals surface area contributed by atoms with E-state index in [1.165, 1.54) is 22.7 Å². The van der Waals surface area contributed by atoms with E-state index in [9.17, 15) is 21.6 Å². The van der Waals surface area contributed by atoms with E-state index < -0.39 is 21.8 Å². The number of hydrazone groups is 1. The molecule has 9 heteroatoms. The molecule has 24 heavy (non-hydrogen) atoms. The van der Waals surface area contributed by atoms with Gasteiger partial charge in [0.25, 0.3) is 0 Å². The van der Waals surface area contributed by atoms with Gasteiger partial charge in [0.05, 0.1) is 17.9 Å². The van der Waals surface area contributed by atoms with Crippen LogP contribution >= 0.6 is 0 Å². The van der Waals surface area contributed by atoms with E-state index in [1.54, 1.807) is 12.1 Å². The molecule has 0 aliphatic carbocycles. The highest BCUT2D eigenvalue weighted by Crippen LogP contribution is 2.39. The molecule has 2 aliphatic rings. The van der Waals surface area contributed by atoms with Crippen LogP contribution in [0.3, 0.4) is 0 Å². The van der Waals surface area contributed by atoms with Crippen molar-refractivity contribution < 1.29 is 21.6 Å². The summed E-state index contributed by atoms with van der Waals surface area (Å²) in [5.41, 5.74) is 0.904. The Morgan fingerprint density at radius 3 is 2.38 bits per heavy atom. The first-order valence-corrected chi connectivity index (χ1v) is 9.34. The van der Waals surface area contributed by atoms with Crippen LogP contribution in [0.1, 0.15) is 23.6 Å². The topological polar surface area (TPSA) is 53.0 Å². The van der Waals surface area contributed by atoms with Crippen molar-refractivity contribution in [1.29, 1.82) is 0 Å². The van der Waals surface area contributed by atoms with Crippen LogP contribution in [0.15, 0.2) is 29.4 Å². The first kappa shape index (κ1) is 17.2. The molecule has 0 aromatic heterocycles. The molecule has 132 valence electrons. The number of rotatable bonds is 2. The van der Waals surface area contributed by atoms with Crippen molar-refractivity contribution in [3.63, 3.8) is 0 Å². The SMILES string of the molecule is CN1N=C2CCN(S(C)(=O)=O)C[C@H]2[C@H]1c1ccc(C(F)(F)F)cc1. The minimum absolute atomic E-state index is 0.143. The maximum Gasteiger partial charge on any atom is 0.416 e. The van der Waals surface area contributed by atoms with Crippen molar-refractivity contribution >= 4 is 15.7 Å². The number of piperidine rings is 1. The van der Waals surface area contributed by atoms with Gasteiger partial charge < -0.3 is 0 Å². The standard InChI is InChI=1S/C15H18F3N3O2S/c1-20-14(10-3-5-11(6-4-10)15(16,17)18)12-9-21(24(2,22)23)8-7-13(12)19-20/h3-6,12,14H,7-9H2,1-2H3/t12-,14-/m1/s1. The zero-order valence-electron chi connectivity index (χ0n) is 13.3. The molecule has 2 atom stereocenters. The van der Waals surface area contributed by atoms with Gasteiger partial charge in [-0.05, 0) is 17.7 Å². The second-order valence-electron chi connectivity index (χ2n) is 6.21. The summed E-state index contributed by atoms with van der Waals surface area (Å²) in [5.74, 6) is -0.143. The molecule has 0 bridgehead atoms. The predicted molar refractivity (Wildman–Crippen MR) is 83.9 cm³/mol. The van der Waals surface area contributed by atoms with E-state index in [-0.39, 0.29) is 12.0 Å². The maximum atomic E-state index is 12.7. The second kappa shape index (κ2) is 5.73. The molecule has 0 N–H and O–H groups in total. The molecule has 0 unspecified atom stereocenters. The molecule has 0 saturated carbocycles. The highest BCUT2D eigenvalue weighted by atomic mass is 32.2. The average molecular weight is 361 g/mol. The summed E-state index contributed by atoms with van der Waals surface area (Å²) in [4.78, 5) is 0. The van der Waals surface area contributed by atoms with Crippen LogP contribution in [-0.2, 0) is 16.2 Å². The van der Waals surface area contributed by atoms with E-state index in [0.29, 0.717) is 25.1 Å². The lowest BCUT2D eigenvalue weighted by atomic mass is 9.86. The predicted octanol–water partition coefficient (Wildman–Crippen LogP) is 2.33. The van der Waals surface area contributed by atoms with Gasteiger partial charge in [0.2, 0.25) is 10.0 Å². The number of sulfonamides is 1. The molecule has 1 saturated heterocycles. The third kappa shape index (κ3) is 3.14. The highest BCUT2D eigenvalue weighted by Gasteiger charge is 2.42. The first-order chi connectivity index (χ1) is 11.1. The monoisotopic (exact) mass is 361 g/mol. The maximum absolute atomic E-state index is 12.7. The second-order valence-corrected chi connectivity index (χ2v) is 8.19. The van der Waals surface area contributed by atoms with Crippen LogP contribution in [0.25, 0.3) is 0 Å². The number of fused-ring (bicyclic) bond motifs is 1. The number of nitrogens with zero attached hydrogens (tertiary/aromatic N) is 3. The van der Waals surface area contributed by atoms with Crippen LogP contribution in [0.4, 0.5) is 13.2 Å². The molecule has 3 rings (SSSR count). The summed E-state index contributed by atoms with van der Waals surface area (Å²) in [6, 6.07) is 4.74. The van der Waals surface area contributed by atoms with Crippen LogP contribution in [-0.4, -0.2) is 49.8 Å². The summed E-state index contributed by atoms with van der Waals surface area (Å²) in [6.45, 7) is 0.690. The van der Waals surface area contributed by atoms with E-state index in [4.69, 9.17) is 0 Å². The average Bonchev–Trinajstić information content (AvgIpc) is 2.80. The number of benzene rings is 1. The Labute approximate surface area is 138 Å². The van der Waals surface area contributed by atoms with Crippen molar-refractivity contribution in [2.45, 2.75) is 18.6 Å². The smallest absolute Gasteiger partial charge is 0.292 e. The van der Waals surface area contributed by atoms with Crippen LogP contribution in [0.5, 0.6) is 0 Å². The zero-order valence-corrected chi connectivity index (χ0v) is 14.1. The summed E-state index contributed by atoms with van der Waals surface area (Å²) < 4.78 is 63.2. The van der Waals surface area contributed by atoms with Crippen molar-refractivity contribution in [3.8, 4) is 0 Å². The van der Waals surface area contributed by atoms with Crippen molar-refractivity contribution in [2.75, 3.05) is 26.4 Å². The number of alkyl halides is 3. The molecular formula is C15H18F3N3O2S. The molecule has 1 fully saturated rings. The number of hydrogen-bond acceptors (Lipinski definition) is 4. The quantitative estimate of drug-likeness (QED) is 0.812. The number of hydrogen-bond donors (Lipinski definition) is 0. The van der Waals surface area contributed by atoms with Gasteiger partial charge in [-0.25, -0.2) is 12.7 Å². The van der Waals surface area contributed by atoms with E-state index in [2.05, 4.69) is 5.10 Å². The van der Waals surface area contributed by atoms with Gasteiger partial charge >= 0.3 is 6.18 Å². The first-order valence-electron chi connectivity index (χ1n) is 7.50. The van der Waals surface area contributed by atoms with E-state index in [0.717, 1.165) is 17.8 Å². The van der Waals surface area contributed by atoms with Gasteiger partial charge in [0.15, 0.2) is 0 Å². The van der Waals surface area contributed by atoms with E-state index >= 15 is 0 Å². The lowest BCUT2D eigenvalue weighted by Crippen LogP contribution is -2.44. The fraction of sp³-hybridized carbons (Fsp3) is 0.533. The lowest BCUT2D eigenvalue weighted by molar-refractivity contribution is -0.137. The van der Waals surface area contributed by atoms with Gasteiger partial charge in [-0.15, -0.1) is 0 Å². The van der Waals surface area contributed by atoms with Crippen molar-refractivity contribution in [3.05, 3.63) is 35.4 Å².